The van der Waals surface area contributed by atoms with Crippen molar-refractivity contribution >= 4 is 11.6 Å². The summed E-state index contributed by atoms with van der Waals surface area (Å²) in [4.78, 5) is 15.8. The maximum absolute atomic E-state index is 13.9. The fourth-order valence-corrected chi connectivity index (χ4v) is 5.21. The number of fused-ring (bicyclic) bond motifs is 1. The van der Waals surface area contributed by atoms with Crippen LogP contribution in [0.4, 0.5) is 5.69 Å². The summed E-state index contributed by atoms with van der Waals surface area (Å²) in [5.74, 6) is -0.580. The summed E-state index contributed by atoms with van der Waals surface area (Å²) in [6, 6.07) is 21.8. The quantitative estimate of drug-likeness (QED) is 0.891. The number of anilines is 1. The molecule has 4 rings (SSSR count). The van der Waals surface area contributed by atoms with E-state index in [9.17, 15) is 15.2 Å². The molecule has 1 aliphatic heterocycles. The first kappa shape index (κ1) is 17.8. The van der Waals surface area contributed by atoms with Crippen LogP contribution < -0.4 is 4.90 Å². The molecule has 2 unspecified atom stereocenters. The Morgan fingerprint density at radius 2 is 1.74 bits per heavy atom. The minimum Gasteiger partial charge on any atom is -0.391 e. The smallest absolute Gasteiger partial charge is 0.237 e. The van der Waals surface area contributed by atoms with E-state index in [4.69, 9.17) is 0 Å². The Morgan fingerprint density at radius 3 is 2.37 bits per heavy atom. The van der Waals surface area contributed by atoms with Gasteiger partial charge in [-0.2, -0.15) is 5.26 Å². The Morgan fingerprint density at radius 1 is 1.11 bits per heavy atom. The zero-order chi connectivity index (χ0) is 19.0. The van der Waals surface area contributed by atoms with E-state index in [1.54, 1.807) is 0 Å². The molecule has 138 valence electrons. The van der Waals surface area contributed by atoms with Gasteiger partial charge in [0.2, 0.25) is 5.91 Å². The summed E-state index contributed by atoms with van der Waals surface area (Å²) < 4.78 is 0. The molecule has 0 spiro atoms. The monoisotopic (exact) mass is 360 g/mol. The predicted molar refractivity (Wildman–Crippen MR) is 104 cm³/mol. The molecule has 1 saturated carbocycles. The standard InChI is InChI=1S/C23H24N2O2/c1-16-20-12-13-25(19-10-6-3-7-11-19)22(27)23(20,14-17(15-24)21(16)26)18-8-4-2-5-9-18/h2-11,16-17,20-21,26H,12-14H2,1H3/t16-,17?,20-,21?,23+/m0/s1. The number of nitriles is 1. The number of para-hydroxylation sites is 1. The summed E-state index contributed by atoms with van der Waals surface area (Å²) in [7, 11) is 0. The zero-order valence-corrected chi connectivity index (χ0v) is 15.5. The number of rotatable bonds is 2. The van der Waals surface area contributed by atoms with Gasteiger partial charge >= 0.3 is 0 Å². The van der Waals surface area contributed by atoms with Gasteiger partial charge in [-0.25, -0.2) is 0 Å². The van der Waals surface area contributed by atoms with E-state index in [0.717, 1.165) is 17.7 Å². The van der Waals surface area contributed by atoms with E-state index >= 15 is 0 Å². The maximum atomic E-state index is 13.9. The fraction of sp³-hybridized carbons (Fsp3) is 0.391. The highest BCUT2D eigenvalue weighted by Crippen LogP contribution is 2.53. The Bertz CT molecular complexity index is 861. The molecule has 0 radical (unpaired) electrons. The van der Waals surface area contributed by atoms with Gasteiger partial charge in [0.05, 0.1) is 23.5 Å². The van der Waals surface area contributed by atoms with E-state index in [2.05, 4.69) is 6.07 Å². The van der Waals surface area contributed by atoms with Crippen LogP contribution in [0.15, 0.2) is 60.7 Å². The van der Waals surface area contributed by atoms with E-state index in [1.807, 2.05) is 72.5 Å². The topological polar surface area (TPSA) is 64.3 Å². The number of piperidine rings is 1. The van der Waals surface area contributed by atoms with Crippen molar-refractivity contribution < 1.29 is 9.90 Å². The lowest BCUT2D eigenvalue weighted by Gasteiger charge is -2.54. The van der Waals surface area contributed by atoms with Gasteiger partial charge in [-0.1, -0.05) is 55.5 Å². The summed E-state index contributed by atoms with van der Waals surface area (Å²) in [5, 5.41) is 20.3. The Labute approximate surface area is 160 Å². The van der Waals surface area contributed by atoms with Crippen molar-refractivity contribution in [3.05, 3.63) is 66.2 Å². The number of aliphatic hydroxyl groups is 1. The Kier molecular flexibility index (Phi) is 4.49. The number of nitrogens with zero attached hydrogens (tertiary/aromatic N) is 2. The third-order valence-corrected chi connectivity index (χ3v) is 6.57. The van der Waals surface area contributed by atoms with Crippen LogP contribution in [-0.2, 0) is 10.2 Å². The van der Waals surface area contributed by atoms with Crippen LogP contribution >= 0.6 is 0 Å². The van der Waals surface area contributed by atoms with Crippen LogP contribution in [0, 0.1) is 29.1 Å². The predicted octanol–water partition coefficient (Wildman–Crippen LogP) is 3.52. The molecule has 1 saturated heterocycles. The average Bonchev–Trinajstić information content (AvgIpc) is 2.72. The summed E-state index contributed by atoms with van der Waals surface area (Å²) >= 11 is 0. The molecule has 1 amide bonds. The van der Waals surface area contributed by atoms with Gasteiger partial charge in [-0.05, 0) is 42.4 Å². The number of carbonyl (C=O) groups is 1. The van der Waals surface area contributed by atoms with Crippen LogP contribution in [0.5, 0.6) is 0 Å². The molecule has 27 heavy (non-hydrogen) atoms. The number of benzene rings is 2. The van der Waals surface area contributed by atoms with Gasteiger partial charge in [0.25, 0.3) is 0 Å². The molecule has 4 nitrogen and oxygen atoms in total. The maximum Gasteiger partial charge on any atom is 0.237 e. The molecule has 2 fully saturated rings. The molecule has 1 N–H and O–H groups in total. The van der Waals surface area contributed by atoms with Crippen molar-refractivity contribution in [3.63, 3.8) is 0 Å². The van der Waals surface area contributed by atoms with Crippen molar-refractivity contribution in [3.8, 4) is 6.07 Å². The lowest BCUT2D eigenvalue weighted by Crippen LogP contribution is -2.63. The van der Waals surface area contributed by atoms with Crippen LogP contribution in [-0.4, -0.2) is 23.7 Å². The average molecular weight is 360 g/mol. The van der Waals surface area contributed by atoms with E-state index in [0.29, 0.717) is 13.0 Å². The van der Waals surface area contributed by atoms with Crippen molar-refractivity contribution in [1.82, 2.24) is 0 Å². The largest absolute Gasteiger partial charge is 0.391 e. The van der Waals surface area contributed by atoms with E-state index in [-0.39, 0.29) is 17.7 Å². The molecule has 2 aromatic carbocycles. The van der Waals surface area contributed by atoms with Crippen molar-refractivity contribution in [1.29, 1.82) is 5.26 Å². The highest BCUT2D eigenvalue weighted by Gasteiger charge is 2.59. The van der Waals surface area contributed by atoms with E-state index < -0.39 is 17.4 Å². The molecule has 2 aliphatic rings. The van der Waals surface area contributed by atoms with Crippen LogP contribution in [0.3, 0.4) is 0 Å². The molecule has 0 aromatic heterocycles. The normalized spacial score (nSPS) is 33.2. The Balaban J connectivity index is 1.86. The van der Waals surface area contributed by atoms with Crippen molar-refractivity contribution in [2.24, 2.45) is 17.8 Å². The Hall–Kier alpha value is -2.64. The number of amides is 1. The molecule has 5 atom stereocenters. The molecule has 2 aromatic rings. The minimum absolute atomic E-state index is 0.0203. The summed E-state index contributed by atoms with van der Waals surface area (Å²) in [6.07, 6.45) is 0.491. The van der Waals surface area contributed by atoms with Crippen LogP contribution in [0.2, 0.25) is 0 Å². The first-order valence-electron chi connectivity index (χ1n) is 9.60. The van der Waals surface area contributed by atoms with Gasteiger partial charge < -0.3 is 10.0 Å². The van der Waals surface area contributed by atoms with Crippen molar-refractivity contribution in [2.45, 2.75) is 31.3 Å². The highest BCUT2D eigenvalue weighted by molar-refractivity contribution is 6.02. The van der Waals surface area contributed by atoms with Gasteiger partial charge in [0.15, 0.2) is 0 Å². The molecule has 4 heteroatoms. The van der Waals surface area contributed by atoms with Crippen molar-refractivity contribution in [2.75, 3.05) is 11.4 Å². The minimum atomic E-state index is -0.769. The molecule has 0 bridgehead atoms. The first-order chi connectivity index (χ1) is 13.1. The van der Waals surface area contributed by atoms with Gasteiger partial charge in [0, 0.05) is 12.2 Å². The third kappa shape index (κ3) is 2.65. The number of hydrogen-bond donors (Lipinski definition) is 1. The summed E-state index contributed by atoms with van der Waals surface area (Å²) in [6.45, 7) is 2.62. The fourth-order valence-electron chi connectivity index (χ4n) is 5.21. The van der Waals surface area contributed by atoms with Crippen LogP contribution in [0.25, 0.3) is 0 Å². The number of aliphatic hydroxyl groups excluding tert-OH is 1. The zero-order valence-electron chi connectivity index (χ0n) is 15.5. The second-order valence-electron chi connectivity index (χ2n) is 7.81. The van der Waals surface area contributed by atoms with E-state index in [1.165, 1.54) is 0 Å². The molecular weight excluding hydrogens is 336 g/mol. The lowest BCUT2D eigenvalue weighted by molar-refractivity contribution is -0.136. The van der Waals surface area contributed by atoms with Crippen LogP contribution in [0.1, 0.15) is 25.3 Å². The molecule has 1 aliphatic carbocycles. The molecule has 1 heterocycles. The van der Waals surface area contributed by atoms with Gasteiger partial charge in [0.1, 0.15) is 0 Å². The molecular formula is C23H24N2O2. The SMILES string of the molecule is C[C@@H]1C(O)C(C#N)C[C@]2(c3ccccc3)C(=O)N(c3ccccc3)CC[C@@H]12. The van der Waals surface area contributed by atoms with Gasteiger partial charge in [-0.15, -0.1) is 0 Å². The second kappa shape index (κ2) is 6.83. The van der Waals surface area contributed by atoms with Gasteiger partial charge in [-0.3, -0.25) is 4.79 Å². The lowest BCUT2D eigenvalue weighted by atomic mass is 9.52. The number of carbonyl (C=O) groups excluding carboxylic acids is 1. The first-order valence-corrected chi connectivity index (χ1v) is 9.60. The number of hydrogen-bond acceptors (Lipinski definition) is 3. The second-order valence-corrected chi connectivity index (χ2v) is 7.81. The summed E-state index contributed by atoms with van der Waals surface area (Å²) in [5.41, 5.74) is 1.08. The third-order valence-electron chi connectivity index (χ3n) is 6.57. The highest BCUT2D eigenvalue weighted by atomic mass is 16.3.